The number of nitrogens with one attached hydrogen (secondary N) is 2. The molecule has 0 bridgehead atoms. The molecule has 1 amide bonds. The van der Waals surface area contributed by atoms with Gasteiger partial charge in [0.2, 0.25) is 0 Å². The zero-order valence-electron chi connectivity index (χ0n) is 13.9. The number of phenolic OH excluding ortho intramolecular Hbond substituents is 1. The van der Waals surface area contributed by atoms with E-state index in [1.165, 1.54) is 0 Å². The molecule has 0 radical (unpaired) electrons. The van der Waals surface area contributed by atoms with Gasteiger partial charge in [-0.25, -0.2) is 4.79 Å². The second-order valence-corrected chi connectivity index (χ2v) is 8.00. The van der Waals surface area contributed by atoms with Crippen LogP contribution in [0.15, 0.2) is 22.7 Å². The average Bonchev–Trinajstić information content (AvgIpc) is 2.37. The first kappa shape index (κ1) is 18.1. The number of alkyl carbamates (subject to hydrolysis) is 1. The molecule has 0 atom stereocenters. The number of amides is 1. The molecule has 0 unspecified atom stereocenters. The zero-order chi connectivity index (χ0) is 17.1. The van der Waals surface area contributed by atoms with Crippen LogP contribution in [-0.2, 0) is 11.3 Å². The topological polar surface area (TPSA) is 70.6 Å². The highest BCUT2D eigenvalue weighted by Crippen LogP contribution is 2.32. The van der Waals surface area contributed by atoms with Crippen LogP contribution in [0, 0.1) is 0 Å². The number of carbonyl (C=O) groups is 1. The Labute approximate surface area is 145 Å². The number of halogens is 1. The van der Waals surface area contributed by atoms with Gasteiger partial charge in [0.15, 0.2) is 0 Å². The lowest BCUT2D eigenvalue weighted by molar-refractivity contribution is 0.0382. The van der Waals surface area contributed by atoms with Crippen molar-refractivity contribution in [1.29, 1.82) is 0 Å². The molecule has 1 saturated carbocycles. The van der Waals surface area contributed by atoms with E-state index < -0.39 is 5.60 Å². The summed E-state index contributed by atoms with van der Waals surface area (Å²) in [5, 5.41) is 15.9. The van der Waals surface area contributed by atoms with Gasteiger partial charge in [0.05, 0.1) is 10.0 Å². The molecule has 3 N–H and O–H groups in total. The molecule has 128 valence electrons. The second kappa shape index (κ2) is 7.09. The monoisotopic (exact) mass is 384 g/mol. The zero-order valence-corrected chi connectivity index (χ0v) is 15.5. The summed E-state index contributed by atoms with van der Waals surface area (Å²) in [6.45, 7) is 6.96. The van der Waals surface area contributed by atoms with E-state index in [1.54, 1.807) is 6.07 Å². The van der Waals surface area contributed by atoms with Crippen molar-refractivity contribution in [2.24, 2.45) is 0 Å². The van der Waals surface area contributed by atoms with E-state index in [4.69, 9.17) is 4.74 Å². The fourth-order valence-electron chi connectivity index (χ4n) is 2.58. The summed E-state index contributed by atoms with van der Waals surface area (Å²) in [6.07, 6.45) is 2.67. The Morgan fingerprint density at radius 3 is 2.61 bits per heavy atom. The summed E-state index contributed by atoms with van der Waals surface area (Å²) in [4.78, 5) is 12.0. The van der Waals surface area contributed by atoms with Gasteiger partial charge in [-0.1, -0.05) is 6.07 Å². The Morgan fingerprint density at radius 1 is 1.39 bits per heavy atom. The number of rotatable bonds is 5. The van der Waals surface area contributed by atoms with Gasteiger partial charge in [-0.15, -0.1) is 0 Å². The van der Waals surface area contributed by atoms with E-state index >= 15 is 0 Å². The van der Waals surface area contributed by atoms with Crippen molar-refractivity contribution in [3.8, 4) is 5.75 Å². The second-order valence-electron chi connectivity index (χ2n) is 7.15. The van der Waals surface area contributed by atoms with Crippen molar-refractivity contribution in [3.63, 3.8) is 0 Å². The molecule has 1 aliphatic rings. The lowest BCUT2D eigenvalue weighted by Crippen LogP contribution is -2.59. The Balaban J connectivity index is 1.84. The smallest absolute Gasteiger partial charge is 0.408 e. The molecule has 0 aromatic heterocycles. The Bertz CT molecular complexity index is 565. The summed E-state index contributed by atoms with van der Waals surface area (Å²) in [5.41, 5.74) is 0.374. The van der Waals surface area contributed by atoms with Gasteiger partial charge >= 0.3 is 6.09 Å². The lowest BCUT2D eigenvalue weighted by Gasteiger charge is -2.42. The number of hydrogen-bond acceptors (Lipinski definition) is 4. The Morgan fingerprint density at radius 2 is 2.09 bits per heavy atom. The third kappa shape index (κ3) is 5.39. The Kier molecular flexibility index (Phi) is 5.57. The molecule has 1 aliphatic carbocycles. The van der Waals surface area contributed by atoms with Crippen LogP contribution < -0.4 is 10.6 Å². The van der Waals surface area contributed by atoms with Crippen molar-refractivity contribution in [1.82, 2.24) is 10.6 Å². The number of carbonyl (C=O) groups excluding carboxylic acids is 1. The minimum Gasteiger partial charge on any atom is -0.507 e. The van der Waals surface area contributed by atoms with E-state index in [-0.39, 0.29) is 17.4 Å². The molecule has 2 rings (SSSR count). The highest BCUT2D eigenvalue weighted by Gasteiger charge is 2.39. The number of ether oxygens (including phenoxy) is 1. The molecule has 0 heterocycles. The fraction of sp³-hybridized carbons (Fsp3) is 0.588. The molecule has 0 aliphatic heterocycles. The van der Waals surface area contributed by atoms with Gasteiger partial charge in [0.25, 0.3) is 0 Å². The average molecular weight is 385 g/mol. The van der Waals surface area contributed by atoms with E-state index in [2.05, 4.69) is 26.6 Å². The molecule has 1 aromatic rings. The van der Waals surface area contributed by atoms with Gasteiger partial charge in [0, 0.05) is 13.1 Å². The molecule has 23 heavy (non-hydrogen) atoms. The highest BCUT2D eigenvalue weighted by molar-refractivity contribution is 9.10. The fourth-order valence-corrected chi connectivity index (χ4v) is 3.00. The van der Waals surface area contributed by atoms with Gasteiger partial charge in [-0.05, 0) is 73.7 Å². The standard InChI is InChI=1S/C17H25BrN2O3/c1-16(2,3)23-15(22)20-17(7-4-8-17)11-19-10-12-5-6-14(21)13(18)9-12/h5-6,9,19,21H,4,7-8,10-11H2,1-3H3,(H,20,22). The molecule has 5 nitrogen and oxygen atoms in total. The molecule has 0 saturated heterocycles. The van der Waals surface area contributed by atoms with Crippen molar-refractivity contribution in [2.45, 2.75) is 57.7 Å². The van der Waals surface area contributed by atoms with Gasteiger partial charge in [-0.2, -0.15) is 0 Å². The third-order valence-electron chi connectivity index (χ3n) is 3.88. The predicted octanol–water partition coefficient (Wildman–Crippen LogP) is 3.69. The van der Waals surface area contributed by atoms with Gasteiger partial charge in [0.1, 0.15) is 11.4 Å². The van der Waals surface area contributed by atoms with Crippen molar-refractivity contribution in [2.75, 3.05) is 6.54 Å². The van der Waals surface area contributed by atoms with Crippen molar-refractivity contribution < 1.29 is 14.6 Å². The van der Waals surface area contributed by atoms with Crippen LogP contribution >= 0.6 is 15.9 Å². The predicted molar refractivity (Wildman–Crippen MR) is 93.5 cm³/mol. The van der Waals surface area contributed by atoms with Crippen LogP contribution in [0.25, 0.3) is 0 Å². The maximum Gasteiger partial charge on any atom is 0.408 e. The molecule has 0 spiro atoms. The largest absolute Gasteiger partial charge is 0.507 e. The van der Waals surface area contributed by atoms with Crippen LogP contribution in [0.2, 0.25) is 0 Å². The summed E-state index contributed by atoms with van der Waals surface area (Å²) in [7, 11) is 0. The van der Waals surface area contributed by atoms with Crippen LogP contribution in [0.4, 0.5) is 4.79 Å². The first-order valence-corrected chi connectivity index (χ1v) is 8.68. The number of aromatic hydroxyl groups is 1. The first-order chi connectivity index (χ1) is 10.7. The normalized spacial score (nSPS) is 16.5. The van der Waals surface area contributed by atoms with E-state index in [0.717, 1.165) is 24.8 Å². The summed E-state index contributed by atoms with van der Waals surface area (Å²) in [5.74, 6) is 0.232. The quantitative estimate of drug-likeness (QED) is 0.723. The number of phenols is 1. The van der Waals surface area contributed by atoms with Crippen LogP contribution in [0.3, 0.4) is 0 Å². The van der Waals surface area contributed by atoms with E-state index in [0.29, 0.717) is 17.6 Å². The third-order valence-corrected chi connectivity index (χ3v) is 4.52. The summed E-state index contributed by atoms with van der Waals surface area (Å²) in [6, 6.07) is 5.43. The van der Waals surface area contributed by atoms with E-state index in [1.807, 2.05) is 32.9 Å². The molecule has 1 aromatic carbocycles. The minimum absolute atomic E-state index is 0.212. The number of hydrogen-bond donors (Lipinski definition) is 3. The highest BCUT2D eigenvalue weighted by atomic mass is 79.9. The van der Waals surface area contributed by atoms with Crippen molar-refractivity contribution in [3.05, 3.63) is 28.2 Å². The maximum atomic E-state index is 12.0. The van der Waals surface area contributed by atoms with Gasteiger partial charge in [-0.3, -0.25) is 0 Å². The van der Waals surface area contributed by atoms with Gasteiger partial charge < -0.3 is 20.5 Å². The molecular formula is C17H25BrN2O3. The maximum absolute atomic E-state index is 12.0. The molecule has 1 fully saturated rings. The van der Waals surface area contributed by atoms with E-state index in [9.17, 15) is 9.90 Å². The minimum atomic E-state index is -0.485. The van der Waals surface area contributed by atoms with Crippen LogP contribution in [0.1, 0.15) is 45.6 Å². The first-order valence-electron chi connectivity index (χ1n) is 7.88. The van der Waals surface area contributed by atoms with Crippen LogP contribution in [-0.4, -0.2) is 28.9 Å². The van der Waals surface area contributed by atoms with Crippen LogP contribution in [0.5, 0.6) is 5.75 Å². The molecular weight excluding hydrogens is 360 g/mol. The summed E-state index contributed by atoms with van der Waals surface area (Å²) < 4.78 is 6.03. The lowest BCUT2D eigenvalue weighted by atomic mass is 9.76. The Hall–Kier alpha value is -1.27. The molecule has 6 heteroatoms. The van der Waals surface area contributed by atoms with Crippen molar-refractivity contribution >= 4 is 22.0 Å². The SMILES string of the molecule is CC(C)(C)OC(=O)NC1(CNCc2ccc(O)c(Br)c2)CCC1. The summed E-state index contributed by atoms with van der Waals surface area (Å²) >= 11 is 3.31. The number of benzene rings is 1.